The fourth-order valence-electron chi connectivity index (χ4n) is 1.97. The molecule has 0 N–H and O–H groups in total. The van der Waals surface area contributed by atoms with Crippen LogP contribution in [0.3, 0.4) is 0 Å². The van der Waals surface area contributed by atoms with Gasteiger partial charge in [0.05, 0.1) is 0 Å². The second-order valence-corrected chi connectivity index (χ2v) is 4.31. The van der Waals surface area contributed by atoms with Crippen molar-refractivity contribution in [2.75, 3.05) is 13.1 Å². The molecular weight excluding hydrogens is 172 g/mol. The standard InChI is InChI=1S/C12H18N2/c1-11-4-8-14(9-5-11)10-12-2-6-13-7-3-12/h2-3,6-7,11H,4-5,8-10H2,1H3. The fraction of sp³-hybridized carbons (Fsp3) is 0.583. The Labute approximate surface area is 86.0 Å². The maximum absolute atomic E-state index is 4.03. The Morgan fingerprint density at radius 1 is 1.29 bits per heavy atom. The van der Waals surface area contributed by atoms with Gasteiger partial charge >= 0.3 is 0 Å². The number of pyridine rings is 1. The summed E-state index contributed by atoms with van der Waals surface area (Å²) >= 11 is 0. The van der Waals surface area contributed by atoms with Crippen molar-refractivity contribution in [2.45, 2.75) is 26.3 Å². The summed E-state index contributed by atoms with van der Waals surface area (Å²) in [5, 5.41) is 0. The molecule has 2 rings (SSSR count). The van der Waals surface area contributed by atoms with Crippen molar-refractivity contribution in [3.05, 3.63) is 30.1 Å². The number of hydrogen-bond donors (Lipinski definition) is 0. The van der Waals surface area contributed by atoms with E-state index in [4.69, 9.17) is 0 Å². The molecular formula is C12H18N2. The summed E-state index contributed by atoms with van der Waals surface area (Å²) in [6.07, 6.45) is 6.46. The summed E-state index contributed by atoms with van der Waals surface area (Å²) in [5.41, 5.74) is 1.38. The molecule has 0 aliphatic carbocycles. The van der Waals surface area contributed by atoms with Crippen LogP contribution in [-0.4, -0.2) is 23.0 Å². The molecule has 2 heteroatoms. The summed E-state index contributed by atoms with van der Waals surface area (Å²) < 4.78 is 0. The molecule has 0 bridgehead atoms. The third kappa shape index (κ3) is 2.55. The summed E-state index contributed by atoms with van der Waals surface area (Å²) in [4.78, 5) is 6.57. The first-order valence-electron chi connectivity index (χ1n) is 5.46. The number of nitrogens with zero attached hydrogens (tertiary/aromatic N) is 2. The zero-order valence-electron chi connectivity index (χ0n) is 8.82. The van der Waals surface area contributed by atoms with Gasteiger partial charge in [-0.2, -0.15) is 0 Å². The largest absolute Gasteiger partial charge is 0.299 e. The third-order valence-electron chi connectivity index (χ3n) is 3.03. The van der Waals surface area contributed by atoms with Crippen molar-refractivity contribution < 1.29 is 0 Å². The van der Waals surface area contributed by atoms with E-state index in [1.807, 2.05) is 12.4 Å². The van der Waals surface area contributed by atoms with E-state index in [2.05, 4.69) is 28.9 Å². The predicted molar refractivity (Wildman–Crippen MR) is 57.9 cm³/mol. The first-order chi connectivity index (χ1) is 6.84. The monoisotopic (exact) mass is 190 g/mol. The second kappa shape index (κ2) is 4.56. The molecule has 1 fully saturated rings. The van der Waals surface area contributed by atoms with E-state index in [-0.39, 0.29) is 0 Å². The van der Waals surface area contributed by atoms with Crippen LogP contribution in [0.1, 0.15) is 25.3 Å². The van der Waals surface area contributed by atoms with E-state index in [0.717, 1.165) is 12.5 Å². The van der Waals surface area contributed by atoms with Gasteiger partial charge in [-0.15, -0.1) is 0 Å². The first-order valence-corrected chi connectivity index (χ1v) is 5.46. The van der Waals surface area contributed by atoms with Crippen molar-refractivity contribution in [1.29, 1.82) is 0 Å². The van der Waals surface area contributed by atoms with E-state index in [1.165, 1.54) is 31.5 Å². The van der Waals surface area contributed by atoms with Gasteiger partial charge in [0.15, 0.2) is 0 Å². The maximum atomic E-state index is 4.03. The van der Waals surface area contributed by atoms with Crippen LogP contribution >= 0.6 is 0 Å². The Balaban J connectivity index is 1.87. The number of rotatable bonds is 2. The average molecular weight is 190 g/mol. The van der Waals surface area contributed by atoms with Gasteiger partial charge in [-0.05, 0) is 49.5 Å². The zero-order chi connectivity index (χ0) is 9.80. The molecule has 2 nitrogen and oxygen atoms in total. The SMILES string of the molecule is CC1CCN(Cc2ccncc2)CC1. The summed E-state index contributed by atoms with van der Waals surface area (Å²) in [6, 6.07) is 4.22. The average Bonchev–Trinajstić information content (AvgIpc) is 2.23. The molecule has 1 aromatic heterocycles. The van der Waals surface area contributed by atoms with Gasteiger partial charge in [0.1, 0.15) is 0 Å². The topological polar surface area (TPSA) is 16.1 Å². The molecule has 0 spiro atoms. The Kier molecular flexibility index (Phi) is 3.14. The fourth-order valence-corrected chi connectivity index (χ4v) is 1.97. The smallest absolute Gasteiger partial charge is 0.0271 e. The molecule has 0 amide bonds. The highest BCUT2D eigenvalue weighted by molar-refractivity contribution is 5.09. The van der Waals surface area contributed by atoms with E-state index < -0.39 is 0 Å². The normalized spacial score (nSPS) is 19.8. The van der Waals surface area contributed by atoms with Gasteiger partial charge < -0.3 is 0 Å². The summed E-state index contributed by atoms with van der Waals surface area (Å²) in [5.74, 6) is 0.920. The van der Waals surface area contributed by atoms with Crippen molar-refractivity contribution in [2.24, 2.45) is 5.92 Å². The van der Waals surface area contributed by atoms with E-state index in [9.17, 15) is 0 Å². The minimum Gasteiger partial charge on any atom is -0.299 e. The number of hydrogen-bond acceptors (Lipinski definition) is 2. The Bertz CT molecular complexity index is 263. The molecule has 0 radical (unpaired) electrons. The van der Waals surface area contributed by atoms with Crippen molar-refractivity contribution in [1.82, 2.24) is 9.88 Å². The Morgan fingerprint density at radius 2 is 1.93 bits per heavy atom. The number of aromatic nitrogens is 1. The summed E-state index contributed by atoms with van der Waals surface area (Å²) in [7, 11) is 0. The first kappa shape index (κ1) is 9.66. The molecule has 2 heterocycles. The van der Waals surface area contributed by atoms with Crippen molar-refractivity contribution in [3.8, 4) is 0 Å². The van der Waals surface area contributed by atoms with Crippen LogP contribution < -0.4 is 0 Å². The van der Waals surface area contributed by atoms with E-state index >= 15 is 0 Å². The number of likely N-dealkylation sites (tertiary alicyclic amines) is 1. The molecule has 0 saturated carbocycles. The molecule has 1 saturated heterocycles. The minimum absolute atomic E-state index is 0.920. The molecule has 14 heavy (non-hydrogen) atoms. The van der Waals surface area contributed by atoms with Crippen LogP contribution in [0.4, 0.5) is 0 Å². The Hall–Kier alpha value is -0.890. The second-order valence-electron chi connectivity index (χ2n) is 4.31. The van der Waals surface area contributed by atoms with Gasteiger partial charge in [-0.1, -0.05) is 6.92 Å². The molecule has 1 aliphatic heterocycles. The van der Waals surface area contributed by atoms with Gasteiger partial charge in [0.2, 0.25) is 0 Å². The predicted octanol–water partition coefficient (Wildman–Crippen LogP) is 2.31. The minimum atomic E-state index is 0.920. The van der Waals surface area contributed by atoms with Crippen LogP contribution in [0.15, 0.2) is 24.5 Å². The quantitative estimate of drug-likeness (QED) is 0.711. The molecule has 1 aromatic rings. The van der Waals surface area contributed by atoms with Crippen molar-refractivity contribution in [3.63, 3.8) is 0 Å². The highest BCUT2D eigenvalue weighted by Gasteiger charge is 2.15. The van der Waals surface area contributed by atoms with Crippen LogP contribution in [0.5, 0.6) is 0 Å². The van der Waals surface area contributed by atoms with Gasteiger partial charge in [-0.3, -0.25) is 9.88 Å². The van der Waals surface area contributed by atoms with Gasteiger partial charge in [-0.25, -0.2) is 0 Å². The zero-order valence-corrected chi connectivity index (χ0v) is 8.82. The molecule has 0 atom stereocenters. The van der Waals surface area contributed by atoms with Crippen molar-refractivity contribution >= 4 is 0 Å². The molecule has 0 aromatic carbocycles. The van der Waals surface area contributed by atoms with E-state index in [0.29, 0.717) is 0 Å². The lowest BCUT2D eigenvalue weighted by Gasteiger charge is -2.30. The lowest BCUT2D eigenvalue weighted by atomic mass is 9.99. The molecule has 1 aliphatic rings. The van der Waals surface area contributed by atoms with Crippen LogP contribution in [-0.2, 0) is 6.54 Å². The van der Waals surface area contributed by atoms with Crippen LogP contribution in [0.2, 0.25) is 0 Å². The lowest BCUT2D eigenvalue weighted by molar-refractivity contribution is 0.185. The van der Waals surface area contributed by atoms with Gasteiger partial charge in [0.25, 0.3) is 0 Å². The summed E-state index contributed by atoms with van der Waals surface area (Å²) in [6.45, 7) is 5.95. The maximum Gasteiger partial charge on any atom is 0.0271 e. The van der Waals surface area contributed by atoms with Crippen LogP contribution in [0, 0.1) is 5.92 Å². The van der Waals surface area contributed by atoms with Crippen LogP contribution in [0.25, 0.3) is 0 Å². The van der Waals surface area contributed by atoms with Gasteiger partial charge in [0, 0.05) is 18.9 Å². The third-order valence-corrected chi connectivity index (χ3v) is 3.03. The highest BCUT2D eigenvalue weighted by atomic mass is 15.1. The Morgan fingerprint density at radius 3 is 2.57 bits per heavy atom. The van der Waals surface area contributed by atoms with E-state index in [1.54, 1.807) is 0 Å². The highest BCUT2D eigenvalue weighted by Crippen LogP contribution is 2.17. The molecule has 76 valence electrons. The lowest BCUT2D eigenvalue weighted by Crippen LogP contribution is -2.32. The molecule has 0 unspecified atom stereocenters. The number of piperidine rings is 1.